The first-order valence-electron chi connectivity index (χ1n) is 5.65. The van der Waals surface area contributed by atoms with Crippen LogP contribution in [0.4, 0.5) is 0 Å². The summed E-state index contributed by atoms with van der Waals surface area (Å²) in [6, 6.07) is 7.49. The monoisotopic (exact) mass is 283 g/mol. The highest BCUT2D eigenvalue weighted by atomic mass is 35.5. The zero-order valence-corrected chi connectivity index (χ0v) is 11.5. The molecule has 0 spiro atoms. The molecule has 0 aliphatic carbocycles. The smallest absolute Gasteiger partial charge is 0.243 e. The second-order valence-corrected chi connectivity index (χ2v) is 5.29. The van der Waals surface area contributed by atoms with E-state index in [0.717, 1.165) is 16.3 Å². The molecule has 0 unspecified atom stereocenters. The summed E-state index contributed by atoms with van der Waals surface area (Å²) in [5, 5.41) is 4.63. The van der Waals surface area contributed by atoms with Gasteiger partial charge in [0.25, 0.3) is 0 Å². The predicted octanol–water partition coefficient (Wildman–Crippen LogP) is 3.43. The second-order valence-electron chi connectivity index (χ2n) is 3.81. The van der Waals surface area contributed by atoms with Gasteiger partial charge in [-0.25, -0.2) is 0 Å². The van der Waals surface area contributed by atoms with E-state index >= 15 is 0 Å². The maximum atomic E-state index is 5.91. The average Bonchev–Trinajstić information content (AvgIpc) is 2.84. The Morgan fingerprint density at radius 1 is 1.50 bits per heavy atom. The molecule has 18 heavy (non-hydrogen) atoms. The van der Waals surface area contributed by atoms with Crippen LogP contribution in [-0.4, -0.2) is 10.1 Å². The fraction of sp³-hybridized carbons (Fsp3) is 0.333. The van der Waals surface area contributed by atoms with Crippen LogP contribution in [0.5, 0.6) is 0 Å². The first-order chi connectivity index (χ1) is 8.69. The largest absolute Gasteiger partial charge is 0.338 e. The summed E-state index contributed by atoms with van der Waals surface area (Å²) in [5.74, 6) is 1.79. The average molecular weight is 284 g/mol. The maximum Gasteiger partial charge on any atom is 0.243 e. The molecule has 2 rings (SSSR count). The molecule has 96 valence electrons. The number of aromatic nitrogens is 2. The number of halogens is 1. The molecule has 0 bridgehead atoms. The summed E-state index contributed by atoms with van der Waals surface area (Å²) >= 11 is 7.52. The first-order valence-corrected chi connectivity index (χ1v) is 7.02. The third-order valence-corrected chi connectivity index (χ3v) is 3.63. The van der Waals surface area contributed by atoms with Crippen molar-refractivity contribution in [3.63, 3.8) is 0 Å². The maximum absolute atomic E-state index is 5.91. The van der Waals surface area contributed by atoms with Crippen LogP contribution in [0.15, 0.2) is 33.7 Å². The Kier molecular flexibility index (Phi) is 4.63. The molecule has 1 heterocycles. The third kappa shape index (κ3) is 3.48. The highest BCUT2D eigenvalue weighted by molar-refractivity contribution is 7.98. The van der Waals surface area contributed by atoms with Crippen LogP contribution in [0.1, 0.15) is 31.1 Å². The van der Waals surface area contributed by atoms with Gasteiger partial charge in [-0.3, -0.25) is 0 Å². The fourth-order valence-electron chi connectivity index (χ4n) is 1.36. The number of thioether (sulfide) groups is 1. The molecule has 2 aromatic rings. The van der Waals surface area contributed by atoms with Crippen molar-refractivity contribution < 1.29 is 4.52 Å². The van der Waals surface area contributed by atoms with Crippen molar-refractivity contribution in [3.8, 4) is 0 Å². The van der Waals surface area contributed by atoms with E-state index in [9.17, 15) is 0 Å². The summed E-state index contributed by atoms with van der Waals surface area (Å²) in [6.45, 7) is 1.98. The molecule has 0 aliphatic rings. The van der Waals surface area contributed by atoms with Gasteiger partial charge in [-0.1, -0.05) is 29.7 Å². The zero-order valence-electron chi connectivity index (χ0n) is 9.97. The molecule has 1 atom stereocenters. The standard InChI is InChI=1S/C12H14ClN3OS/c1-2-10(14)12-15-11(16-17-12)7-18-9-5-3-4-8(13)6-9/h3-6,10H,2,7,14H2,1H3/t10-/m0/s1. The van der Waals surface area contributed by atoms with Crippen LogP contribution in [0, 0.1) is 0 Å². The Hall–Kier alpha value is -1.04. The lowest BCUT2D eigenvalue weighted by atomic mass is 10.2. The molecule has 0 fully saturated rings. The normalized spacial score (nSPS) is 12.6. The van der Waals surface area contributed by atoms with Gasteiger partial charge in [0.15, 0.2) is 5.82 Å². The number of hydrogen-bond donors (Lipinski definition) is 1. The van der Waals surface area contributed by atoms with Crippen LogP contribution in [0.3, 0.4) is 0 Å². The van der Waals surface area contributed by atoms with Gasteiger partial charge in [-0.2, -0.15) is 4.98 Å². The zero-order chi connectivity index (χ0) is 13.0. The highest BCUT2D eigenvalue weighted by Gasteiger charge is 2.12. The van der Waals surface area contributed by atoms with Gasteiger partial charge < -0.3 is 10.3 Å². The van der Waals surface area contributed by atoms with E-state index in [1.54, 1.807) is 11.8 Å². The Morgan fingerprint density at radius 3 is 3.06 bits per heavy atom. The minimum Gasteiger partial charge on any atom is -0.338 e. The van der Waals surface area contributed by atoms with Crippen molar-refractivity contribution in [1.29, 1.82) is 0 Å². The molecular formula is C12H14ClN3OS. The quantitative estimate of drug-likeness (QED) is 0.852. The molecule has 0 amide bonds. The molecule has 0 saturated heterocycles. The number of benzene rings is 1. The number of rotatable bonds is 5. The fourth-order valence-corrected chi connectivity index (χ4v) is 2.41. The lowest BCUT2D eigenvalue weighted by molar-refractivity contribution is 0.349. The van der Waals surface area contributed by atoms with E-state index in [4.69, 9.17) is 21.9 Å². The van der Waals surface area contributed by atoms with Crippen LogP contribution in [-0.2, 0) is 5.75 Å². The topological polar surface area (TPSA) is 64.9 Å². The summed E-state index contributed by atoms with van der Waals surface area (Å²) in [7, 11) is 0. The van der Waals surface area contributed by atoms with E-state index < -0.39 is 0 Å². The summed E-state index contributed by atoms with van der Waals surface area (Å²) in [6.07, 6.45) is 0.781. The molecule has 0 aliphatic heterocycles. The van der Waals surface area contributed by atoms with Gasteiger partial charge in [0, 0.05) is 9.92 Å². The minimum atomic E-state index is -0.178. The molecule has 2 N–H and O–H groups in total. The van der Waals surface area contributed by atoms with Crippen molar-refractivity contribution in [1.82, 2.24) is 10.1 Å². The SMILES string of the molecule is CC[C@H](N)c1nc(CSc2cccc(Cl)c2)no1. The van der Waals surface area contributed by atoms with Crippen molar-refractivity contribution in [3.05, 3.63) is 41.0 Å². The van der Waals surface area contributed by atoms with E-state index in [1.807, 2.05) is 31.2 Å². The highest BCUT2D eigenvalue weighted by Crippen LogP contribution is 2.24. The van der Waals surface area contributed by atoms with Gasteiger partial charge in [0.05, 0.1) is 11.8 Å². The molecule has 1 aromatic carbocycles. The minimum absolute atomic E-state index is 0.178. The van der Waals surface area contributed by atoms with Gasteiger partial charge >= 0.3 is 0 Å². The van der Waals surface area contributed by atoms with E-state index in [2.05, 4.69) is 10.1 Å². The number of hydrogen-bond acceptors (Lipinski definition) is 5. The van der Waals surface area contributed by atoms with Crippen molar-refractivity contribution >= 4 is 23.4 Å². The van der Waals surface area contributed by atoms with E-state index in [-0.39, 0.29) is 6.04 Å². The third-order valence-electron chi connectivity index (χ3n) is 2.40. The Morgan fingerprint density at radius 2 is 2.33 bits per heavy atom. The Balaban J connectivity index is 1.96. The van der Waals surface area contributed by atoms with Crippen LogP contribution >= 0.6 is 23.4 Å². The van der Waals surface area contributed by atoms with Crippen LogP contribution in [0.25, 0.3) is 0 Å². The van der Waals surface area contributed by atoms with E-state index in [0.29, 0.717) is 17.5 Å². The summed E-state index contributed by atoms with van der Waals surface area (Å²) < 4.78 is 5.10. The second kappa shape index (κ2) is 6.22. The van der Waals surface area contributed by atoms with Gasteiger partial charge in [0.1, 0.15) is 0 Å². The lowest BCUT2D eigenvalue weighted by Crippen LogP contribution is -2.08. The molecular weight excluding hydrogens is 270 g/mol. The number of nitrogens with two attached hydrogens (primary N) is 1. The molecule has 0 radical (unpaired) electrons. The van der Waals surface area contributed by atoms with Gasteiger partial charge in [-0.05, 0) is 24.6 Å². The molecule has 4 nitrogen and oxygen atoms in total. The van der Waals surface area contributed by atoms with Crippen molar-refractivity contribution in [2.45, 2.75) is 30.0 Å². The summed E-state index contributed by atoms with van der Waals surface area (Å²) in [5.41, 5.74) is 5.81. The molecule has 1 aromatic heterocycles. The Bertz CT molecular complexity index is 518. The first kappa shape index (κ1) is 13.4. The van der Waals surface area contributed by atoms with E-state index in [1.165, 1.54) is 0 Å². The van der Waals surface area contributed by atoms with Gasteiger partial charge in [-0.15, -0.1) is 11.8 Å². The van der Waals surface area contributed by atoms with Crippen molar-refractivity contribution in [2.24, 2.45) is 5.73 Å². The molecule has 6 heteroatoms. The summed E-state index contributed by atoms with van der Waals surface area (Å²) in [4.78, 5) is 5.34. The van der Waals surface area contributed by atoms with Crippen LogP contribution in [0.2, 0.25) is 5.02 Å². The Labute approximate surface area is 115 Å². The molecule has 0 saturated carbocycles. The lowest BCUT2D eigenvalue weighted by Gasteiger charge is -1.99. The van der Waals surface area contributed by atoms with Crippen LogP contribution < -0.4 is 5.73 Å². The number of nitrogens with zero attached hydrogens (tertiary/aromatic N) is 2. The van der Waals surface area contributed by atoms with Crippen molar-refractivity contribution in [2.75, 3.05) is 0 Å². The van der Waals surface area contributed by atoms with Gasteiger partial charge in [0.2, 0.25) is 5.89 Å². The predicted molar refractivity (Wildman–Crippen MR) is 72.5 cm³/mol.